The van der Waals surface area contributed by atoms with E-state index in [0.717, 1.165) is 44.0 Å². The first-order valence-electron chi connectivity index (χ1n) is 15.0. The number of nitrogens with zero attached hydrogens (tertiary/aromatic N) is 4. The first-order valence-corrected chi connectivity index (χ1v) is 17.0. The van der Waals surface area contributed by atoms with Gasteiger partial charge in [0, 0.05) is 38.4 Å². The molecule has 0 unspecified atom stereocenters. The minimum absolute atomic E-state index is 0.157. The van der Waals surface area contributed by atoms with Crippen LogP contribution in [0.25, 0.3) is 0 Å². The summed E-state index contributed by atoms with van der Waals surface area (Å²) in [7, 11) is -3.57. The van der Waals surface area contributed by atoms with Crippen molar-refractivity contribution in [3.8, 4) is 0 Å². The molecule has 12 heteroatoms. The second-order valence-electron chi connectivity index (χ2n) is 11.4. The molecule has 1 saturated heterocycles. The highest BCUT2D eigenvalue weighted by atomic mass is 35.5. The van der Waals surface area contributed by atoms with Crippen LogP contribution in [-0.2, 0) is 21.2 Å². The third-order valence-corrected chi connectivity index (χ3v) is 10.3. The van der Waals surface area contributed by atoms with E-state index in [4.69, 9.17) is 11.6 Å². The zero-order chi connectivity index (χ0) is 32.8. The highest BCUT2D eigenvalue weighted by molar-refractivity contribution is 7.92. The molecule has 0 saturated carbocycles. The van der Waals surface area contributed by atoms with Gasteiger partial charge in [-0.25, -0.2) is 13.4 Å². The Morgan fingerprint density at radius 2 is 1.67 bits per heavy atom. The lowest BCUT2D eigenvalue weighted by Crippen LogP contribution is -2.46. The van der Waals surface area contributed by atoms with Gasteiger partial charge in [-0.1, -0.05) is 60.6 Å². The number of anilines is 6. The Bertz CT molecular complexity index is 1830. The molecule has 0 spiro atoms. The Hall–Kier alpha value is -4.45. The molecule has 4 aromatic rings. The molecule has 0 radical (unpaired) electrons. The van der Waals surface area contributed by atoms with Crippen molar-refractivity contribution < 1.29 is 13.2 Å². The molecule has 0 bridgehead atoms. The van der Waals surface area contributed by atoms with Crippen LogP contribution >= 0.6 is 11.6 Å². The number of carbonyl (C=O) groups is 1. The van der Waals surface area contributed by atoms with Crippen molar-refractivity contribution in [2.45, 2.75) is 37.5 Å². The van der Waals surface area contributed by atoms with Gasteiger partial charge in [0.15, 0.2) is 15.7 Å². The van der Waals surface area contributed by atoms with Gasteiger partial charge in [-0.15, -0.1) is 0 Å². The van der Waals surface area contributed by atoms with E-state index < -0.39 is 15.1 Å². The number of para-hydroxylation sites is 1. The standard InChI is InChI=1S/C34H38ClN7O3S/c1-5-32(43)37-29-20-28(24(4)19-30(29)42-17-15-41(16-18-42)22-25-11-7-6-8-12-25)39-34-36-21-26(35)33(40-34)38-27-13-9-10-14-31(27)46(44,45)23(2)3/h5-14,19-21,23H,1,15-18,22H2,2-4H3,(H,37,43)(H2,36,38,39,40). The monoisotopic (exact) mass is 659 g/mol. The van der Waals surface area contributed by atoms with Gasteiger partial charge in [-0.3, -0.25) is 9.69 Å². The molecule has 240 valence electrons. The number of halogens is 1. The fourth-order valence-electron chi connectivity index (χ4n) is 5.20. The zero-order valence-corrected chi connectivity index (χ0v) is 27.7. The Kier molecular flexibility index (Phi) is 10.3. The number of hydrogen-bond donors (Lipinski definition) is 3. The zero-order valence-electron chi connectivity index (χ0n) is 26.1. The van der Waals surface area contributed by atoms with Crippen LogP contribution in [0.15, 0.2) is 90.5 Å². The normalized spacial score (nSPS) is 13.8. The van der Waals surface area contributed by atoms with Gasteiger partial charge >= 0.3 is 0 Å². The third kappa shape index (κ3) is 7.67. The number of nitrogens with one attached hydrogen (secondary N) is 3. The summed E-state index contributed by atoms with van der Waals surface area (Å²) in [6, 6.07) is 21.0. The van der Waals surface area contributed by atoms with Crippen LogP contribution in [0.4, 0.5) is 34.5 Å². The van der Waals surface area contributed by atoms with E-state index in [2.05, 4.69) is 66.6 Å². The van der Waals surface area contributed by atoms with Crippen LogP contribution in [0.3, 0.4) is 0 Å². The van der Waals surface area contributed by atoms with Gasteiger partial charge in [0.2, 0.25) is 11.9 Å². The molecule has 1 aliphatic rings. The number of benzene rings is 3. The summed E-state index contributed by atoms with van der Waals surface area (Å²) >= 11 is 6.44. The maximum atomic E-state index is 13.0. The molecule has 1 aromatic heterocycles. The van der Waals surface area contributed by atoms with Crippen molar-refractivity contribution in [1.29, 1.82) is 0 Å². The first-order chi connectivity index (χ1) is 22.0. The Balaban J connectivity index is 1.38. The predicted octanol–water partition coefficient (Wildman–Crippen LogP) is 6.55. The predicted molar refractivity (Wildman–Crippen MR) is 186 cm³/mol. The van der Waals surface area contributed by atoms with E-state index in [1.54, 1.807) is 38.1 Å². The quantitative estimate of drug-likeness (QED) is 0.154. The molecule has 1 aliphatic heterocycles. The molecule has 0 atom stereocenters. The first kappa shape index (κ1) is 32.9. The van der Waals surface area contributed by atoms with Gasteiger partial charge in [0.25, 0.3) is 0 Å². The van der Waals surface area contributed by atoms with E-state index >= 15 is 0 Å². The summed E-state index contributed by atoms with van der Waals surface area (Å²) < 4.78 is 26.0. The second kappa shape index (κ2) is 14.3. The van der Waals surface area contributed by atoms with Crippen molar-refractivity contribution in [1.82, 2.24) is 14.9 Å². The molecule has 10 nitrogen and oxygen atoms in total. The van der Waals surface area contributed by atoms with Gasteiger partial charge in [0.05, 0.1) is 33.4 Å². The smallest absolute Gasteiger partial charge is 0.247 e. The molecule has 2 heterocycles. The van der Waals surface area contributed by atoms with Crippen LogP contribution in [0.1, 0.15) is 25.0 Å². The summed E-state index contributed by atoms with van der Waals surface area (Å²) in [6.07, 6.45) is 2.68. The van der Waals surface area contributed by atoms with Crippen LogP contribution in [0, 0.1) is 6.92 Å². The van der Waals surface area contributed by atoms with Gasteiger partial charge < -0.3 is 20.9 Å². The molecule has 1 fully saturated rings. The number of hydrogen-bond acceptors (Lipinski definition) is 9. The van der Waals surface area contributed by atoms with Crippen LogP contribution in [0.5, 0.6) is 0 Å². The molecule has 5 rings (SSSR count). The average Bonchev–Trinajstić information content (AvgIpc) is 3.05. The summed E-state index contributed by atoms with van der Waals surface area (Å²) in [5, 5.41) is 8.90. The van der Waals surface area contributed by atoms with Crippen molar-refractivity contribution in [2.75, 3.05) is 47.0 Å². The summed E-state index contributed by atoms with van der Waals surface area (Å²) in [5.41, 5.74) is 4.80. The second-order valence-corrected chi connectivity index (χ2v) is 14.2. The molecule has 3 aromatic carbocycles. The highest BCUT2D eigenvalue weighted by Crippen LogP contribution is 2.35. The van der Waals surface area contributed by atoms with E-state index in [1.807, 2.05) is 25.1 Å². The van der Waals surface area contributed by atoms with E-state index in [9.17, 15) is 13.2 Å². The van der Waals surface area contributed by atoms with Crippen LogP contribution < -0.4 is 20.9 Å². The molecular formula is C34H38ClN7O3S. The van der Waals surface area contributed by atoms with Gasteiger partial charge in [-0.05, 0) is 62.2 Å². The maximum absolute atomic E-state index is 13.0. The number of rotatable bonds is 11. The van der Waals surface area contributed by atoms with Gasteiger partial charge in [-0.2, -0.15) is 4.98 Å². The molecule has 1 amide bonds. The summed E-state index contributed by atoms with van der Waals surface area (Å²) in [4.78, 5) is 26.2. The maximum Gasteiger partial charge on any atom is 0.247 e. The van der Waals surface area contributed by atoms with Gasteiger partial charge in [0.1, 0.15) is 5.02 Å². The van der Waals surface area contributed by atoms with Crippen molar-refractivity contribution in [3.05, 3.63) is 102 Å². The minimum Gasteiger partial charge on any atom is -0.367 e. The number of amides is 1. The Morgan fingerprint density at radius 1 is 0.978 bits per heavy atom. The number of aryl methyl sites for hydroxylation is 1. The van der Waals surface area contributed by atoms with E-state index in [0.29, 0.717) is 17.1 Å². The van der Waals surface area contributed by atoms with Crippen molar-refractivity contribution in [3.63, 3.8) is 0 Å². The third-order valence-electron chi connectivity index (χ3n) is 7.81. The Morgan fingerprint density at radius 3 is 2.37 bits per heavy atom. The lowest BCUT2D eigenvalue weighted by molar-refractivity contribution is -0.111. The molecule has 0 aliphatic carbocycles. The number of carbonyl (C=O) groups excluding carboxylic acids is 1. The summed E-state index contributed by atoms with van der Waals surface area (Å²) in [6.45, 7) is 13.1. The van der Waals surface area contributed by atoms with Crippen molar-refractivity contribution >= 4 is 61.9 Å². The van der Waals surface area contributed by atoms with E-state index in [1.165, 1.54) is 17.8 Å². The molecule has 46 heavy (non-hydrogen) atoms. The molecule has 3 N–H and O–H groups in total. The Labute approximate surface area is 275 Å². The fraction of sp³-hybridized carbons (Fsp3) is 0.265. The van der Waals surface area contributed by atoms with Crippen LogP contribution in [-0.4, -0.2) is 60.6 Å². The fourth-order valence-corrected chi connectivity index (χ4v) is 6.54. The lowest BCUT2D eigenvalue weighted by atomic mass is 10.1. The van der Waals surface area contributed by atoms with E-state index in [-0.39, 0.29) is 27.6 Å². The topological polar surface area (TPSA) is 120 Å². The number of sulfone groups is 1. The number of piperazine rings is 1. The summed E-state index contributed by atoms with van der Waals surface area (Å²) in [5.74, 6) is 0.166. The van der Waals surface area contributed by atoms with Crippen molar-refractivity contribution in [2.24, 2.45) is 0 Å². The SMILES string of the molecule is C=CC(=O)Nc1cc(Nc2ncc(Cl)c(Nc3ccccc3S(=O)(=O)C(C)C)n2)c(C)cc1N1CCN(Cc2ccccc2)CC1. The molecular weight excluding hydrogens is 622 g/mol. The minimum atomic E-state index is -3.57. The van der Waals surface area contributed by atoms with Crippen LogP contribution in [0.2, 0.25) is 5.02 Å². The largest absolute Gasteiger partial charge is 0.367 e. The average molecular weight is 660 g/mol. The number of aromatic nitrogens is 2. The lowest BCUT2D eigenvalue weighted by Gasteiger charge is -2.37. The highest BCUT2D eigenvalue weighted by Gasteiger charge is 2.24.